The molecule has 15 atom stereocenters. The van der Waals surface area contributed by atoms with Crippen molar-refractivity contribution >= 4 is 41.0 Å². The van der Waals surface area contributed by atoms with Crippen molar-refractivity contribution in [1.82, 2.24) is 5.32 Å². The van der Waals surface area contributed by atoms with E-state index in [-0.39, 0.29) is 65.7 Å². The van der Waals surface area contributed by atoms with Gasteiger partial charge in [0.25, 0.3) is 5.91 Å². The molecule has 6 aliphatic rings. The molecule has 3 fully saturated rings. The smallest absolute Gasteiger partial charge is 0.342 e. The molecule has 7 N–H and O–H groups in total. The minimum atomic E-state index is -2.46. The van der Waals surface area contributed by atoms with Gasteiger partial charge in [-0.25, -0.2) is 9.59 Å². The Morgan fingerprint density at radius 1 is 1.00 bits per heavy atom. The van der Waals surface area contributed by atoms with Crippen LogP contribution in [0.3, 0.4) is 0 Å². The average Bonchev–Trinajstić information content (AvgIpc) is 3.68. The van der Waals surface area contributed by atoms with Gasteiger partial charge in [0.1, 0.15) is 40.8 Å². The number of benzene rings is 2. The van der Waals surface area contributed by atoms with Crippen molar-refractivity contribution in [2.45, 2.75) is 147 Å². The number of ether oxygens (including phenoxy) is 3. The molecule has 0 radical (unpaired) electrons. The van der Waals surface area contributed by atoms with E-state index in [0.29, 0.717) is 5.56 Å². The van der Waals surface area contributed by atoms with Gasteiger partial charge in [0.15, 0.2) is 11.9 Å². The molecule has 2 aliphatic heterocycles. The number of hydrogen-bond donors (Lipinski definition) is 7. The highest BCUT2D eigenvalue weighted by Gasteiger charge is 2.79. The van der Waals surface area contributed by atoms with Crippen LogP contribution in [0.4, 0.5) is 0 Å². The van der Waals surface area contributed by atoms with Crippen molar-refractivity contribution in [3.63, 3.8) is 0 Å². The van der Waals surface area contributed by atoms with Crippen LogP contribution < -0.4 is 5.32 Å². The van der Waals surface area contributed by atoms with Crippen LogP contribution in [-0.4, -0.2) is 120 Å². The molecule has 0 bridgehead atoms. The number of ketones is 2. The normalized spacial score (nSPS) is 38.0. The van der Waals surface area contributed by atoms with Gasteiger partial charge in [0.05, 0.1) is 30.0 Å². The highest BCUT2D eigenvalue weighted by Crippen LogP contribution is 2.69. The topological polar surface area (TPSA) is 246 Å². The van der Waals surface area contributed by atoms with Crippen LogP contribution >= 0.6 is 11.6 Å². The Balaban J connectivity index is 1.18. The Bertz CT molecular complexity index is 2330. The largest absolute Gasteiger partial charge is 0.506 e. The number of Topliss-reactive ketones (excluding diaryl/α,β-unsaturated/α-hetero) is 2. The molecule has 0 spiro atoms. The predicted molar refractivity (Wildman–Crippen MR) is 228 cm³/mol. The van der Waals surface area contributed by atoms with Crippen LogP contribution in [0.25, 0.3) is 0 Å². The molecule has 0 aromatic heterocycles. The lowest BCUT2D eigenvalue weighted by Gasteiger charge is -2.61. The summed E-state index contributed by atoms with van der Waals surface area (Å²) in [4.78, 5) is 71.8. The van der Waals surface area contributed by atoms with Gasteiger partial charge < -0.3 is 50.2 Å². The molecule has 16 heteroatoms. The fraction of sp³-hybridized carbons (Fsp3) is 0.604. The summed E-state index contributed by atoms with van der Waals surface area (Å²) in [7, 11) is 0. The monoisotopic (exact) mass is 907 g/mol. The van der Waals surface area contributed by atoms with Crippen molar-refractivity contribution in [2.24, 2.45) is 34.5 Å². The van der Waals surface area contributed by atoms with Gasteiger partial charge in [-0.05, 0) is 54.7 Å². The first-order valence-electron chi connectivity index (χ1n) is 22.2. The van der Waals surface area contributed by atoms with Gasteiger partial charge in [-0.3, -0.25) is 14.4 Å². The highest BCUT2D eigenvalue weighted by molar-refractivity contribution is 6.32. The van der Waals surface area contributed by atoms with E-state index in [1.165, 1.54) is 19.9 Å². The molecule has 1 amide bonds. The Morgan fingerprint density at radius 2 is 1.67 bits per heavy atom. The number of esters is 2. The third kappa shape index (κ3) is 6.62. The summed E-state index contributed by atoms with van der Waals surface area (Å²) in [6.45, 7) is 12.3. The number of fused-ring (bicyclic) bond motifs is 7. The lowest BCUT2D eigenvalue weighted by atomic mass is 9.45. The summed E-state index contributed by atoms with van der Waals surface area (Å²) in [5.41, 5.74) is -8.89. The van der Waals surface area contributed by atoms with Crippen molar-refractivity contribution in [3.05, 3.63) is 74.8 Å². The van der Waals surface area contributed by atoms with Crippen molar-refractivity contribution in [2.75, 3.05) is 0 Å². The van der Waals surface area contributed by atoms with E-state index in [1.54, 1.807) is 37.3 Å². The van der Waals surface area contributed by atoms with E-state index >= 15 is 4.79 Å². The van der Waals surface area contributed by atoms with Crippen LogP contribution in [0.5, 0.6) is 5.75 Å². The van der Waals surface area contributed by atoms with Crippen LogP contribution in [0.15, 0.2) is 47.5 Å². The number of halogens is 1. The summed E-state index contributed by atoms with van der Waals surface area (Å²) < 4.78 is 17.9. The molecule has 2 aromatic carbocycles. The molecule has 2 aromatic rings. The number of hydrogen-bond acceptors (Lipinski definition) is 14. The highest BCUT2D eigenvalue weighted by atomic mass is 35.5. The Hall–Kier alpha value is -4.22. The number of phenols is 1. The summed E-state index contributed by atoms with van der Waals surface area (Å²) in [6, 6.07) is 8.01. The number of aliphatic hydroxyl groups excluding tert-OH is 3. The molecule has 64 heavy (non-hydrogen) atoms. The summed E-state index contributed by atoms with van der Waals surface area (Å²) in [6.07, 6.45) is -9.14. The maximum Gasteiger partial charge on any atom is 0.342 e. The van der Waals surface area contributed by atoms with Gasteiger partial charge in [-0.1, -0.05) is 83.5 Å². The Morgan fingerprint density at radius 3 is 2.33 bits per heavy atom. The number of amides is 1. The number of rotatable bonds is 9. The van der Waals surface area contributed by atoms with E-state index in [2.05, 4.69) is 5.32 Å². The van der Waals surface area contributed by atoms with Crippen molar-refractivity contribution < 1.29 is 68.8 Å². The second-order valence-corrected chi connectivity index (χ2v) is 20.5. The first-order valence-corrected chi connectivity index (χ1v) is 22.6. The van der Waals surface area contributed by atoms with Crippen LogP contribution in [0.1, 0.15) is 106 Å². The molecule has 2 heterocycles. The van der Waals surface area contributed by atoms with E-state index in [9.17, 15) is 49.8 Å². The summed E-state index contributed by atoms with van der Waals surface area (Å²) in [5, 5.41) is 74.5. The quantitative estimate of drug-likeness (QED) is 0.179. The molecule has 8 rings (SSSR count). The first kappa shape index (κ1) is 46.3. The van der Waals surface area contributed by atoms with E-state index in [4.69, 9.17) is 25.8 Å². The fourth-order valence-corrected chi connectivity index (χ4v) is 12.5. The number of carbonyl (C=O) groups excluding carboxylic acids is 5. The van der Waals surface area contributed by atoms with Gasteiger partial charge in [-0.15, -0.1) is 0 Å². The second-order valence-electron chi connectivity index (χ2n) is 20.1. The number of carbonyl (C=O) groups is 5. The Labute approximate surface area is 376 Å². The maximum absolute atomic E-state index is 15.4. The number of aliphatic hydroxyl groups is 5. The SMILES string of the molecule is CC(C)[C@@H](C)[C@@H](O)[C@@H]1O[C@H]2C[C@]3(O)C4=C(C(=O)[C@H](O)[C@]3(C)[C@H]2[C@@H]1C)[C@@]1(C)CC[C@H](O)C[C@@]1(O)[C@@H](OC(=O)[C@H](Cc1ccccc1)NC(=O)c1cc(Cl)c2c(c1O)C(=O)O[C@H](C)C2)C4=O. The number of cyclic esters (lactones) is 1. The molecular weight excluding hydrogens is 850 g/mol. The fourth-order valence-electron chi connectivity index (χ4n) is 12.2. The minimum absolute atomic E-state index is 0.00243. The average molecular weight is 908 g/mol. The third-order valence-electron chi connectivity index (χ3n) is 16.2. The standard InChI is InChI=1S/C48H58ClNO14/c1-20(2)22(4)35(52)39-23(5)32-30(63-39)19-47(60)34-33(37(54)40(56)46(32,47)7)45(6)14-13-25(51)18-48(45,61)41(38(34)55)64-43(58)29(16-24-11-9-8-10-12-24)50-42(57)27-17-28(49)26-15-21(3)62-44(59)31(26)36(27)53/h8-12,17,20-23,25,29-30,32,35,39-41,51-53,56,60-61H,13-16,18-19H2,1-7H3,(H,50,57)/t21-,22-,23+,25+,29+,30+,32+,35-,39-,40+,41+,45-,46+,47+,48-/m1/s1. The van der Waals surface area contributed by atoms with Gasteiger partial charge in [0.2, 0.25) is 5.78 Å². The molecule has 2 saturated carbocycles. The molecule has 15 nitrogen and oxygen atoms in total. The van der Waals surface area contributed by atoms with Gasteiger partial charge in [0, 0.05) is 58.6 Å². The summed E-state index contributed by atoms with van der Waals surface area (Å²) in [5.74, 6) is -7.20. The van der Waals surface area contributed by atoms with Crippen LogP contribution in [-0.2, 0) is 41.4 Å². The van der Waals surface area contributed by atoms with Crippen molar-refractivity contribution in [1.29, 1.82) is 0 Å². The zero-order valence-corrected chi connectivity index (χ0v) is 37.7. The van der Waals surface area contributed by atoms with Gasteiger partial charge >= 0.3 is 11.9 Å². The van der Waals surface area contributed by atoms with Crippen LogP contribution in [0.2, 0.25) is 5.02 Å². The minimum Gasteiger partial charge on any atom is -0.506 e. The van der Waals surface area contributed by atoms with Crippen LogP contribution in [0, 0.1) is 34.5 Å². The van der Waals surface area contributed by atoms with Crippen molar-refractivity contribution in [3.8, 4) is 5.75 Å². The van der Waals surface area contributed by atoms with E-state index in [0.717, 1.165) is 0 Å². The maximum atomic E-state index is 15.4. The molecule has 1 saturated heterocycles. The van der Waals surface area contributed by atoms with E-state index < -0.39 is 135 Å². The number of aromatic hydroxyl groups is 1. The second kappa shape index (κ2) is 16.0. The number of phenolic OH excluding ortho intramolecular Hbond substituents is 1. The zero-order chi connectivity index (χ0) is 46.7. The third-order valence-corrected chi connectivity index (χ3v) is 16.5. The predicted octanol–water partition coefficient (Wildman–Crippen LogP) is 3.32. The molecule has 346 valence electrons. The molecular formula is C48H58ClNO14. The number of nitrogens with one attached hydrogen (secondary N) is 1. The zero-order valence-electron chi connectivity index (χ0n) is 37.0. The Kier molecular flexibility index (Phi) is 11.6. The molecule has 4 aliphatic carbocycles. The molecule has 0 unspecified atom stereocenters. The lowest BCUT2D eigenvalue weighted by molar-refractivity contribution is -0.216. The first-order chi connectivity index (χ1) is 29.9. The lowest BCUT2D eigenvalue weighted by Crippen LogP contribution is -2.73. The van der Waals surface area contributed by atoms with E-state index in [1.807, 2.05) is 27.7 Å². The van der Waals surface area contributed by atoms with Gasteiger partial charge in [-0.2, -0.15) is 0 Å². The summed E-state index contributed by atoms with van der Waals surface area (Å²) >= 11 is 6.53.